The highest BCUT2D eigenvalue weighted by atomic mass is 32.1. The Kier molecular flexibility index (Phi) is 4.01. The molecule has 4 aromatic rings. The summed E-state index contributed by atoms with van der Waals surface area (Å²) < 4.78 is 15.8. The topological polar surface area (TPSA) is 34.9 Å². The van der Waals surface area contributed by atoms with Gasteiger partial charge in [-0.05, 0) is 24.6 Å². The number of aromatic nitrogens is 2. The number of hydrogen-bond donors (Lipinski definition) is 0. The van der Waals surface area contributed by atoms with Crippen LogP contribution in [0, 0.1) is 12.7 Å². The van der Waals surface area contributed by atoms with Crippen molar-refractivity contribution in [1.29, 1.82) is 0 Å². The molecule has 5 heteroatoms. The van der Waals surface area contributed by atoms with Gasteiger partial charge in [-0.1, -0.05) is 43.0 Å². The smallest absolute Gasteiger partial charge is 0.267 e. The van der Waals surface area contributed by atoms with Crippen LogP contribution in [0.3, 0.4) is 0 Å². The lowest BCUT2D eigenvalue weighted by Crippen LogP contribution is -2.24. The zero-order valence-corrected chi connectivity index (χ0v) is 14.9. The van der Waals surface area contributed by atoms with Gasteiger partial charge >= 0.3 is 0 Å². The lowest BCUT2D eigenvalue weighted by Gasteiger charge is -2.16. The molecule has 0 spiro atoms. The van der Waals surface area contributed by atoms with Crippen LogP contribution in [0.1, 0.15) is 17.0 Å². The molecule has 0 aliphatic carbocycles. The van der Waals surface area contributed by atoms with Crippen molar-refractivity contribution < 1.29 is 4.39 Å². The van der Waals surface area contributed by atoms with Crippen LogP contribution < -0.4 is 5.56 Å². The fourth-order valence-corrected chi connectivity index (χ4v) is 3.72. The quantitative estimate of drug-likeness (QED) is 0.516. The third-order valence-corrected chi connectivity index (χ3v) is 5.07. The van der Waals surface area contributed by atoms with Crippen molar-refractivity contribution in [3.05, 3.63) is 99.0 Å². The molecule has 128 valence electrons. The van der Waals surface area contributed by atoms with Crippen LogP contribution in [0.15, 0.2) is 70.7 Å². The first-order chi connectivity index (χ1) is 12.6. The fraction of sp³-hybridized carbons (Fsp3) is 0.0476. The summed E-state index contributed by atoms with van der Waals surface area (Å²) in [5.74, 6) is -0.0474. The van der Waals surface area contributed by atoms with Crippen molar-refractivity contribution in [2.75, 3.05) is 0 Å². The summed E-state index contributed by atoms with van der Waals surface area (Å²) in [4.78, 5) is 17.8. The summed E-state index contributed by atoms with van der Waals surface area (Å²) in [6.07, 6.45) is 0. The average Bonchev–Trinajstić information content (AvgIpc) is 3.11. The number of nitrogens with zero attached hydrogens (tertiary/aromatic N) is 2. The Morgan fingerprint density at radius 1 is 1.12 bits per heavy atom. The Balaban J connectivity index is 2.07. The number of fused-ring (bicyclic) bond motifs is 1. The Morgan fingerprint density at radius 3 is 2.62 bits per heavy atom. The number of benzene rings is 2. The van der Waals surface area contributed by atoms with Crippen LogP contribution >= 0.6 is 11.3 Å². The predicted octanol–water partition coefficient (Wildman–Crippen LogP) is 4.96. The summed E-state index contributed by atoms with van der Waals surface area (Å²) in [7, 11) is 0. The number of aryl methyl sites for hydroxylation is 1. The molecule has 3 nitrogen and oxygen atoms in total. The molecule has 0 aliphatic rings. The van der Waals surface area contributed by atoms with Gasteiger partial charge < -0.3 is 0 Å². The van der Waals surface area contributed by atoms with E-state index in [0.717, 1.165) is 5.56 Å². The maximum Gasteiger partial charge on any atom is 0.267 e. The molecule has 2 aromatic heterocycles. The molecule has 0 atom stereocenters. The zero-order valence-electron chi connectivity index (χ0n) is 14.1. The molecule has 0 aliphatic heterocycles. The van der Waals surface area contributed by atoms with Gasteiger partial charge in [0, 0.05) is 21.9 Å². The molecule has 0 saturated carbocycles. The Morgan fingerprint density at radius 2 is 1.85 bits per heavy atom. The highest BCUT2D eigenvalue weighted by Gasteiger charge is 2.19. The van der Waals surface area contributed by atoms with E-state index in [0.29, 0.717) is 33.6 Å². The second-order valence-corrected chi connectivity index (χ2v) is 6.74. The third kappa shape index (κ3) is 2.57. The molecule has 0 fully saturated rings. The summed E-state index contributed by atoms with van der Waals surface area (Å²) in [5.41, 5.74) is 2.75. The van der Waals surface area contributed by atoms with Gasteiger partial charge in [0.05, 0.1) is 16.6 Å². The molecule has 0 amide bonds. The maximum atomic E-state index is 14.3. The molecule has 2 aromatic carbocycles. The molecular weight excluding hydrogens is 347 g/mol. The van der Waals surface area contributed by atoms with E-state index in [1.165, 1.54) is 22.0 Å². The number of halogens is 1. The van der Waals surface area contributed by atoms with Gasteiger partial charge in [0.2, 0.25) is 0 Å². The van der Waals surface area contributed by atoms with Gasteiger partial charge in [-0.25, -0.2) is 9.37 Å². The van der Waals surface area contributed by atoms with E-state index in [2.05, 4.69) is 11.6 Å². The normalized spacial score (nSPS) is 11.0. The highest BCUT2D eigenvalue weighted by Crippen LogP contribution is 2.27. The van der Waals surface area contributed by atoms with Crippen molar-refractivity contribution in [3.8, 4) is 5.69 Å². The predicted molar refractivity (Wildman–Crippen MR) is 104 cm³/mol. The summed E-state index contributed by atoms with van der Waals surface area (Å²) in [6.45, 7) is 5.97. The molecule has 0 radical (unpaired) electrons. The van der Waals surface area contributed by atoms with Crippen LogP contribution in [0.2, 0.25) is 0 Å². The monoisotopic (exact) mass is 362 g/mol. The van der Waals surface area contributed by atoms with E-state index < -0.39 is 5.82 Å². The van der Waals surface area contributed by atoms with Gasteiger partial charge in [0.25, 0.3) is 5.56 Å². The fourth-order valence-electron chi connectivity index (χ4n) is 2.98. The molecule has 26 heavy (non-hydrogen) atoms. The van der Waals surface area contributed by atoms with Crippen LogP contribution in [0.25, 0.3) is 22.2 Å². The Bertz CT molecular complexity index is 1210. The minimum atomic E-state index is -0.395. The van der Waals surface area contributed by atoms with Crippen molar-refractivity contribution in [2.45, 2.75) is 6.92 Å². The molecule has 4 rings (SSSR count). The van der Waals surface area contributed by atoms with E-state index in [-0.39, 0.29) is 5.56 Å². The first-order valence-electron chi connectivity index (χ1n) is 8.07. The SMILES string of the molecule is C=C(c1ccccc1F)c1nc2cscc2c(=O)n1-c1ccccc1C. The number of thiophene rings is 1. The van der Waals surface area contributed by atoms with Crippen molar-refractivity contribution >= 4 is 27.8 Å². The molecule has 0 saturated heterocycles. The van der Waals surface area contributed by atoms with E-state index in [4.69, 9.17) is 0 Å². The standard InChI is InChI=1S/C21H15FN2OS/c1-13-7-3-6-10-19(13)24-20(14(2)15-8-4-5-9-17(15)22)23-18-12-26-11-16(18)21(24)25/h3-12H,2H2,1H3. The zero-order chi connectivity index (χ0) is 18.3. The van der Waals surface area contributed by atoms with Gasteiger partial charge in [-0.3, -0.25) is 9.36 Å². The van der Waals surface area contributed by atoms with Crippen LogP contribution in [0.5, 0.6) is 0 Å². The summed E-state index contributed by atoms with van der Waals surface area (Å²) in [5, 5.41) is 4.15. The lowest BCUT2D eigenvalue weighted by atomic mass is 10.1. The summed E-state index contributed by atoms with van der Waals surface area (Å²) >= 11 is 1.41. The first-order valence-corrected chi connectivity index (χ1v) is 9.01. The van der Waals surface area contributed by atoms with Crippen molar-refractivity contribution in [3.63, 3.8) is 0 Å². The van der Waals surface area contributed by atoms with Crippen molar-refractivity contribution in [2.24, 2.45) is 0 Å². The maximum absolute atomic E-state index is 14.3. The molecule has 0 bridgehead atoms. The van der Waals surface area contributed by atoms with Gasteiger partial charge in [0.1, 0.15) is 11.6 Å². The van der Waals surface area contributed by atoms with Gasteiger partial charge in [-0.15, -0.1) is 11.3 Å². The van der Waals surface area contributed by atoms with E-state index in [9.17, 15) is 9.18 Å². The largest absolute Gasteiger partial charge is 0.268 e. The van der Waals surface area contributed by atoms with Gasteiger partial charge in [-0.2, -0.15) is 0 Å². The second kappa shape index (κ2) is 6.35. The number of hydrogen-bond acceptors (Lipinski definition) is 3. The highest BCUT2D eigenvalue weighted by molar-refractivity contribution is 7.09. The number of para-hydroxylation sites is 1. The average molecular weight is 362 g/mol. The van der Waals surface area contributed by atoms with E-state index >= 15 is 0 Å². The number of rotatable bonds is 3. The molecule has 0 N–H and O–H groups in total. The van der Waals surface area contributed by atoms with Crippen LogP contribution in [0.4, 0.5) is 4.39 Å². The van der Waals surface area contributed by atoms with E-state index in [1.54, 1.807) is 23.6 Å². The minimum absolute atomic E-state index is 0.182. The minimum Gasteiger partial charge on any atom is -0.268 e. The van der Waals surface area contributed by atoms with E-state index in [1.807, 2.05) is 36.6 Å². The summed E-state index contributed by atoms with van der Waals surface area (Å²) in [6, 6.07) is 13.9. The van der Waals surface area contributed by atoms with Crippen LogP contribution in [-0.2, 0) is 0 Å². The van der Waals surface area contributed by atoms with Crippen molar-refractivity contribution in [1.82, 2.24) is 9.55 Å². The molecular formula is C21H15FN2OS. The van der Waals surface area contributed by atoms with Crippen LogP contribution in [-0.4, -0.2) is 9.55 Å². The Labute approximate surface area is 153 Å². The molecule has 2 heterocycles. The second-order valence-electron chi connectivity index (χ2n) is 5.99. The third-order valence-electron chi connectivity index (χ3n) is 4.34. The first kappa shape index (κ1) is 16.4. The molecule has 0 unspecified atom stereocenters. The van der Waals surface area contributed by atoms with Gasteiger partial charge in [0.15, 0.2) is 0 Å². The lowest BCUT2D eigenvalue weighted by molar-refractivity contribution is 0.624. The Hall–Kier alpha value is -3.05.